The van der Waals surface area contributed by atoms with E-state index in [1.807, 2.05) is 26.0 Å². The Bertz CT molecular complexity index is 387. The molecule has 5 nitrogen and oxygen atoms in total. The van der Waals surface area contributed by atoms with Crippen LogP contribution >= 0.6 is 0 Å². The average molecular weight is 264 g/mol. The van der Waals surface area contributed by atoms with Crippen molar-refractivity contribution >= 4 is 17.4 Å². The molecule has 0 saturated carbocycles. The number of amides is 1. The molecule has 0 unspecified atom stereocenters. The van der Waals surface area contributed by atoms with Crippen molar-refractivity contribution < 1.29 is 4.79 Å². The monoisotopic (exact) mass is 264 g/mol. The van der Waals surface area contributed by atoms with Crippen LogP contribution in [0.25, 0.3) is 0 Å². The quantitative estimate of drug-likeness (QED) is 0.740. The minimum absolute atomic E-state index is 0.00786. The van der Waals surface area contributed by atoms with E-state index in [0.29, 0.717) is 0 Å². The summed E-state index contributed by atoms with van der Waals surface area (Å²) in [5.74, 6) is 0.818. The van der Waals surface area contributed by atoms with Gasteiger partial charge in [0.1, 0.15) is 5.82 Å². The van der Waals surface area contributed by atoms with Gasteiger partial charge in [0.2, 0.25) is 5.91 Å². The van der Waals surface area contributed by atoms with Crippen LogP contribution in [0.3, 0.4) is 0 Å². The Morgan fingerprint density at radius 1 is 1.37 bits per heavy atom. The van der Waals surface area contributed by atoms with Crippen molar-refractivity contribution in [2.75, 3.05) is 37.8 Å². The minimum Gasteiger partial charge on any atom is -0.370 e. The second-order valence-corrected chi connectivity index (χ2v) is 5.16. The second kappa shape index (κ2) is 7.74. The molecule has 0 bridgehead atoms. The van der Waals surface area contributed by atoms with E-state index in [2.05, 4.69) is 34.6 Å². The number of carbonyl (C=O) groups excluding carboxylic acids is 1. The van der Waals surface area contributed by atoms with Crippen molar-refractivity contribution in [3.8, 4) is 0 Å². The maximum atomic E-state index is 11.5. The van der Waals surface area contributed by atoms with E-state index >= 15 is 0 Å². The van der Waals surface area contributed by atoms with E-state index in [4.69, 9.17) is 0 Å². The summed E-state index contributed by atoms with van der Waals surface area (Å²) in [4.78, 5) is 17.9. The van der Waals surface area contributed by atoms with E-state index in [0.717, 1.165) is 31.0 Å². The molecule has 0 spiro atoms. The Balaban J connectivity index is 2.37. The van der Waals surface area contributed by atoms with Crippen molar-refractivity contribution in [2.24, 2.45) is 5.92 Å². The van der Waals surface area contributed by atoms with Gasteiger partial charge in [-0.05, 0) is 39.2 Å². The van der Waals surface area contributed by atoms with Gasteiger partial charge >= 0.3 is 0 Å². The third-order valence-corrected chi connectivity index (χ3v) is 2.64. The molecule has 1 rings (SSSR count). The lowest BCUT2D eigenvalue weighted by molar-refractivity contribution is -0.118. The Labute approximate surface area is 115 Å². The number of pyridine rings is 1. The van der Waals surface area contributed by atoms with Crippen molar-refractivity contribution in [1.29, 1.82) is 0 Å². The lowest BCUT2D eigenvalue weighted by Crippen LogP contribution is -2.18. The molecule has 0 aromatic carbocycles. The molecule has 1 heterocycles. The van der Waals surface area contributed by atoms with Crippen LogP contribution in [0.4, 0.5) is 11.5 Å². The first-order valence-corrected chi connectivity index (χ1v) is 6.64. The van der Waals surface area contributed by atoms with Gasteiger partial charge in [-0.25, -0.2) is 4.98 Å². The highest BCUT2D eigenvalue weighted by Gasteiger charge is 2.06. The molecule has 1 aromatic rings. The molecule has 0 aliphatic heterocycles. The average Bonchev–Trinajstić information content (AvgIpc) is 2.36. The molecular formula is C14H24N4O. The molecule has 2 N–H and O–H groups in total. The van der Waals surface area contributed by atoms with Crippen LogP contribution in [0.1, 0.15) is 20.3 Å². The van der Waals surface area contributed by atoms with Gasteiger partial charge in [0.15, 0.2) is 0 Å². The van der Waals surface area contributed by atoms with Crippen LogP contribution in [0.15, 0.2) is 18.3 Å². The highest BCUT2D eigenvalue weighted by atomic mass is 16.1. The summed E-state index contributed by atoms with van der Waals surface area (Å²) in [7, 11) is 4.12. The summed E-state index contributed by atoms with van der Waals surface area (Å²) in [6.07, 6.45) is 2.75. The first-order chi connectivity index (χ1) is 8.99. The topological polar surface area (TPSA) is 57.3 Å². The van der Waals surface area contributed by atoms with Crippen molar-refractivity contribution in [3.05, 3.63) is 18.3 Å². The normalized spacial score (nSPS) is 10.8. The fourth-order valence-corrected chi connectivity index (χ4v) is 1.47. The number of aromatic nitrogens is 1. The standard InChI is InChI=1S/C14H24N4O/c1-11(2)14(19)17-12-6-7-13(16-10-12)15-8-5-9-18(3)4/h6-7,10-11H,5,8-9H2,1-4H3,(H,15,16)(H,17,19). The summed E-state index contributed by atoms with van der Waals surface area (Å²) in [5.41, 5.74) is 0.734. The second-order valence-electron chi connectivity index (χ2n) is 5.16. The van der Waals surface area contributed by atoms with Gasteiger partial charge in [-0.3, -0.25) is 4.79 Å². The molecule has 0 aliphatic carbocycles. The molecule has 0 radical (unpaired) electrons. The zero-order valence-corrected chi connectivity index (χ0v) is 12.2. The fraction of sp³-hybridized carbons (Fsp3) is 0.571. The summed E-state index contributed by atoms with van der Waals surface area (Å²) in [6.45, 7) is 5.67. The summed E-state index contributed by atoms with van der Waals surface area (Å²) in [6, 6.07) is 3.74. The maximum absolute atomic E-state index is 11.5. The lowest BCUT2D eigenvalue weighted by Gasteiger charge is -2.11. The van der Waals surface area contributed by atoms with Gasteiger partial charge in [0, 0.05) is 12.5 Å². The summed E-state index contributed by atoms with van der Waals surface area (Å²) >= 11 is 0. The van der Waals surface area contributed by atoms with Gasteiger partial charge in [0.25, 0.3) is 0 Å². The molecule has 1 aromatic heterocycles. The van der Waals surface area contributed by atoms with E-state index in [1.165, 1.54) is 0 Å². The Hall–Kier alpha value is -1.62. The number of hydrogen-bond acceptors (Lipinski definition) is 4. The fourth-order valence-electron chi connectivity index (χ4n) is 1.47. The molecule has 0 fully saturated rings. The summed E-state index contributed by atoms with van der Waals surface area (Å²) < 4.78 is 0. The number of nitrogens with zero attached hydrogens (tertiary/aromatic N) is 2. The van der Waals surface area contributed by atoms with E-state index < -0.39 is 0 Å². The highest BCUT2D eigenvalue weighted by molar-refractivity contribution is 5.91. The Morgan fingerprint density at radius 2 is 2.11 bits per heavy atom. The predicted molar refractivity (Wildman–Crippen MR) is 79.4 cm³/mol. The lowest BCUT2D eigenvalue weighted by atomic mass is 10.2. The van der Waals surface area contributed by atoms with Gasteiger partial charge in [0.05, 0.1) is 11.9 Å². The van der Waals surface area contributed by atoms with E-state index in [-0.39, 0.29) is 11.8 Å². The molecule has 1 amide bonds. The van der Waals surface area contributed by atoms with Crippen molar-refractivity contribution in [3.63, 3.8) is 0 Å². The van der Waals surface area contributed by atoms with Crippen LogP contribution < -0.4 is 10.6 Å². The van der Waals surface area contributed by atoms with E-state index in [1.54, 1.807) is 6.20 Å². The molecule has 5 heteroatoms. The Kier molecular flexibility index (Phi) is 6.29. The largest absolute Gasteiger partial charge is 0.370 e. The number of nitrogens with one attached hydrogen (secondary N) is 2. The third kappa shape index (κ3) is 6.20. The van der Waals surface area contributed by atoms with E-state index in [9.17, 15) is 4.79 Å². The third-order valence-electron chi connectivity index (χ3n) is 2.64. The van der Waals surface area contributed by atoms with Crippen LogP contribution in [0.2, 0.25) is 0 Å². The molecule has 0 atom stereocenters. The predicted octanol–water partition coefficient (Wildman–Crippen LogP) is 2.04. The maximum Gasteiger partial charge on any atom is 0.226 e. The van der Waals surface area contributed by atoms with Crippen LogP contribution in [0, 0.1) is 5.92 Å². The Morgan fingerprint density at radius 3 is 2.63 bits per heavy atom. The van der Waals surface area contributed by atoms with Crippen molar-refractivity contribution in [2.45, 2.75) is 20.3 Å². The first kappa shape index (κ1) is 15.4. The first-order valence-electron chi connectivity index (χ1n) is 6.64. The summed E-state index contributed by atoms with van der Waals surface area (Å²) in [5, 5.41) is 6.07. The number of rotatable bonds is 7. The number of hydrogen-bond donors (Lipinski definition) is 2. The van der Waals surface area contributed by atoms with Crippen LogP contribution in [0.5, 0.6) is 0 Å². The molecule has 0 aliphatic rings. The zero-order chi connectivity index (χ0) is 14.3. The van der Waals surface area contributed by atoms with Crippen LogP contribution in [-0.2, 0) is 4.79 Å². The molecule has 0 saturated heterocycles. The van der Waals surface area contributed by atoms with Gasteiger partial charge < -0.3 is 15.5 Å². The molecular weight excluding hydrogens is 240 g/mol. The van der Waals surface area contributed by atoms with Crippen LogP contribution in [-0.4, -0.2) is 43.0 Å². The molecule has 19 heavy (non-hydrogen) atoms. The SMILES string of the molecule is CC(C)C(=O)Nc1ccc(NCCCN(C)C)nc1. The zero-order valence-electron chi connectivity index (χ0n) is 12.2. The van der Waals surface area contributed by atoms with Crippen molar-refractivity contribution in [1.82, 2.24) is 9.88 Å². The number of carbonyl (C=O) groups is 1. The minimum atomic E-state index is -0.0242. The molecule has 106 valence electrons. The van der Waals surface area contributed by atoms with Gasteiger partial charge in [-0.15, -0.1) is 0 Å². The van der Waals surface area contributed by atoms with Gasteiger partial charge in [-0.1, -0.05) is 13.8 Å². The number of anilines is 2. The highest BCUT2D eigenvalue weighted by Crippen LogP contribution is 2.10. The van der Waals surface area contributed by atoms with Gasteiger partial charge in [-0.2, -0.15) is 0 Å². The smallest absolute Gasteiger partial charge is 0.226 e.